The van der Waals surface area contributed by atoms with Crippen LogP contribution in [0.4, 0.5) is 57.1 Å². The molecule has 0 radical (unpaired) electrons. The van der Waals surface area contributed by atoms with Gasteiger partial charge in [0, 0.05) is 0 Å². The van der Waals surface area contributed by atoms with E-state index in [1.165, 1.54) is 0 Å². The summed E-state index contributed by atoms with van der Waals surface area (Å²) in [6, 6.07) is 0. The molecule has 30 heavy (non-hydrogen) atoms. The molecule has 0 amide bonds. The first kappa shape index (κ1) is 28.5. The average Bonchev–Trinajstić information content (AvgIpc) is 2.55. The number of halogens is 15. The smallest absolute Gasteiger partial charge is 0.436 e. The van der Waals surface area contributed by atoms with Crippen LogP contribution in [-0.2, 0) is 19.1 Å². The molecule has 0 aliphatic rings. The Balaban J connectivity index is 6.98. The molecule has 0 bridgehead atoms. The second-order valence-corrected chi connectivity index (χ2v) is 6.10. The van der Waals surface area contributed by atoms with Crippen LogP contribution in [0.1, 0.15) is 0 Å². The van der Waals surface area contributed by atoms with E-state index in [4.69, 9.17) is 0 Å². The molecule has 0 aromatic rings. The van der Waals surface area contributed by atoms with Gasteiger partial charge in [-0.2, -0.15) is 48.3 Å². The lowest BCUT2D eigenvalue weighted by Gasteiger charge is -2.37. The Hall–Kier alpha value is -1.52. The van der Waals surface area contributed by atoms with Gasteiger partial charge in [0.25, 0.3) is 11.6 Å². The van der Waals surface area contributed by atoms with Crippen molar-refractivity contribution in [3.05, 3.63) is 0 Å². The third-order valence-electron chi connectivity index (χ3n) is 3.18. The highest BCUT2D eigenvalue weighted by Gasteiger charge is 2.87. The fourth-order valence-corrected chi connectivity index (χ4v) is 1.75. The molecule has 0 fully saturated rings. The summed E-state index contributed by atoms with van der Waals surface area (Å²) in [5, 5.41) is -12.2. The number of ketones is 2. The lowest BCUT2D eigenvalue weighted by atomic mass is 9.83. The highest BCUT2D eigenvalue weighted by atomic mass is 35.5. The molecule has 0 aromatic carbocycles. The fraction of sp³-hybridized carbons (Fsp3) is 0.727. The monoisotopic (exact) mass is 516 g/mol. The fourth-order valence-electron chi connectivity index (χ4n) is 1.55. The summed E-state index contributed by atoms with van der Waals surface area (Å²) in [5.41, 5.74) is -7.81. The van der Waals surface area contributed by atoms with Crippen molar-refractivity contribution in [2.24, 2.45) is 0 Å². The number of carbonyl (C=O) groups is 3. The van der Waals surface area contributed by atoms with E-state index in [1.807, 2.05) is 0 Å². The number of Topliss-reactive ketones (excluding diaryl/α,β-unsaturated/α-hetero) is 2. The zero-order chi connectivity index (χ0) is 24.9. The van der Waals surface area contributed by atoms with Crippen molar-refractivity contribution in [3.63, 3.8) is 0 Å². The third kappa shape index (κ3) is 3.89. The van der Waals surface area contributed by atoms with Crippen LogP contribution in [-0.4, -0.2) is 64.8 Å². The molecule has 0 aliphatic carbocycles. The SMILES string of the molecule is COC(=O)C(F)(F)C(F)(F)C(=O)C(F)(C(F)(F)F)C(F)(F)C(=O)C(F)(Cl)C(F)(F)Cl. The second kappa shape index (κ2) is 7.56. The largest absolute Gasteiger partial charge is 0.464 e. The number of carbonyl (C=O) groups excluding carboxylic acids is 3. The maximum Gasteiger partial charge on any atom is 0.436 e. The highest BCUT2D eigenvalue weighted by molar-refractivity contribution is 6.41. The minimum atomic E-state index is -7.81. The van der Waals surface area contributed by atoms with Gasteiger partial charge < -0.3 is 4.74 Å². The molecule has 0 heterocycles. The molecule has 0 spiro atoms. The van der Waals surface area contributed by atoms with E-state index in [-0.39, 0.29) is 7.11 Å². The Bertz CT molecular complexity index is 728. The number of esters is 1. The van der Waals surface area contributed by atoms with Crippen LogP contribution < -0.4 is 0 Å². The molecular formula is C11H3Cl2F13O4. The molecule has 0 saturated carbocycles. The number of hydrogen-bond acceptors (Lipinski definition) is 4. The van der Waals surface area contributed by atoms with Crippen LogP contribution in [0.25, 0.3) is 0 Å². The Morgan fingerprint density at radius 1 is 0.633 bits per heavy atom. The Morgan fingerprint density at radius 2 is 1.00 bits per heavy atom. The molecule has 19 heteroatoms. The lowest BCUT2D eigenvalue weighted by molar-refractivity contribution is -0.298. The van der Waals surface area contributed by atoms with Crippen molar-refractivity contribution >= 4 is 40.7 Å². The maximum atomic E-state index is 14.1. The van der Waals surface area contributed by atoms with Crippen LogP contribution in [0.3, 0.4) is 0 Å². The molecule has 4 nitrogen and oxygen atoms in total. The number of hydrogen-bond donors (Lipinski definition) is 0. The number of rotatable bonds is 8. The van der Waals surface area contributed by atoms with Crippen molar-refractivity contribution in [1.29, 1.82) is 0 Å². The normalized spacial score (nSPS) is 18.3. The van der Waals surface area contributed by atoms with Gasteiger partial charge in [-0.3, -0.25) is 9.59 Å². The topological polar surface area (TPSA) is 60.4 Å². The Labute approximate surface area is 165 Å². The van der Waals surface area contributed by atoms with Crippen molar-refractivity contribution in [3.8, 4) is 0 Å². The van der Waals surface area contributed by atoms with Gasteiger partial charge in [0.2, 0.25) is 0 Å². The molecule has 176 valence electrons. The van der Waals surface area contributed by atoms with Gasteiger partial charge in [0.05, 0.1) is 7.11 Å². The zero-order valence-corrected chi connectivity index (χ0v) is 14.8. The van der Waals surface area contributed by atoms with Crippen LogP contribution in [0, 0.1) is 0 Å². The molecule has 0 aromatic heterocycles. The first-order valence-corrected chi connectivity index (χ1v) is 7.07. The van der Waals surface area contributed by atoms with Gasteiger partial charge in [-0.15, -0.1) is 0 Å². The van der Waals surface area contributed by atoms with Crippen molar-refractivity contribution < 1.29 is 76.2 Å². The van der Waals surface area contributed by atoms with Crippen molar-refractivity contribution in [1.82, 2.24) is 0 Å². The highest BCUT2D eigenvalue weighted by Crippen LogP contribution is 2.55. The third-order valence-corrected chi connectivity index (χ3v) is 3.95. The van der Waals surface area contributed by atoms with E-state index >= 15 is 0 Å². The van der Waals surface area contributed by atoms with Crippen LogP contribution in [0.15, 0.2) is 0 Å². The van der Waals surface area contributed by atoms with Crippen LogP contribution in [0.2, 0.25) is 0 Å². The number of alkyl halides is 15. The molecule has 2 atom stereocenters. The standard InChI is InChI=1S/C11H3Cl2F13O4/c1-30-4(29)9(20,21)8(18,19)2(27)5(14,11(24,25)26)7(16,17)3(28)6(12,15)10(13,22)23/h1H3. The summed E-state index contributed by atoms with van der Waals surface area (Å²) in [6.45, 7) is 0. The quantitative estimate of drug-likeness (QED) is 0.275. The second-order valence-electron chi connectivity index (χ2n) is 5.10. The zero-order valence-electron chi connectivity index (χ0n) is 13.3. The number of ether oxygens (including phenoxy) is 1. The average molecular weight is 517 g/mol. The predicted octanol–water partition coefficient (Wildman–Crippen LogP) is 4.21. The molecule has 0 rings (SSSR count). The first-order valence-electron chi connectivity index (χ1n) is 6.31. The van der Waals surface area contributed by atoms with Gasteiger partial charge in [0.1, 0.15) is 0 Å². The van der Waals surface area contributed by atoms with E-state index < -0.39 is 57.7 Å². The molecule has 2 unspecified atom stereocenters. The lowest BCUT2D eigenvalue weighted by Crippen LogP contribution is -2.72. The van der Waals surface area contributed by atoms with E-state index in [0.717, 1.165) is 0 Å². The minimum absolute atomic E-state index is 0.102. The van der Waals surface area contributed by atoms with E-state index in [1.54, 1.807) is 0 Å². The van der Waals surface area contributed by atoms with Gasteiger partial charge in [-0.25, -0.2) is 13.6 Å². The summed E-state index contributed by atoms with van der Waals surface area (Å²) < 4.78 is 175. The van der Waals surface area contributed by atoms with Crippen molar-refractivity contribution in [2.45, 2.75) is 40.1 Å². The summed E-state index contributed by atoms with van der Waals surface area (Å²) in [7, 11) is -0.102. The molecule has 0 saturated heterocycles. The predicted molar refractivity (Wildman–Crippen MR) is 67.3 cm³/mol. The van der Waals surface area contributed by atoms with Crippen LogP contribution in [0.5, 0.6) is 0 Å². The summed E-state index contributed by atoms with van der Waals surface area (Å²) in [6.07, 6.45) is -7.77. The maximum absolute atomic E-state index is 14.1. The molecule has 0 N–H and O–H groups in total. The minimum Gasteiger partial charge on any atom is -0.464 e. The summed E-state index contributed by atoms with van der Waals surface area (Å²) >= 11 is 7.73. The Morgan fingerprint density at radius 3 is 1.27 bits per heavy atom. The number of methoxy groups -OCH3 is 1. The Kier molecular flexibility index (Phi) is 7.18. The summed E-state index contributed by atoms with van der Waals surface area (Å²) in [4.78, 5) is 32.8. The van der Waals surface area contributed by atoms with Gasteiger partial charge in [-0.1, -0.05) is 11.6 Å². The summed E-state index contributed by atoms with van der Waals surface area (Å²) in [5.74, 6) is -35.3. The van der Waals surface area contributed by atoms with E-state index in [2.05, 4.69) is 27.9 Å². The first-order chi connectivity index (χ1) is 12.8. The van der Waals surface area contributed by atoms with Gasteiger partial charge >= 0.3 is 46.1 Å². The molecular weight excluding hydrogens is 514 g/mol. The van der Waals surface area contributed by atoms with E-state index in [9.17, 15) is 71.5 Å². The van der Waals surface area contributed by atoms with Crippen LogP contribution >= 0.6 is 23.2 Å². The van der Waals surface area contributed by atoms with Gasteiger partial charge in [-0.05, 0) is 11.6 Å². The van der Waals surface area contributed by atoms with E-state index in [0.29, 0.717) is 0 Å². The molecule has 0 aliphatic heterocycles. The van der Waals surface area contributed by atoms with Crippen molar-refractivity contribution in [2.75, 3.05) is 7.11 Å². The van der Waals surface area contributed by atoms with Gasteiger partial charge in [0.15, 0.2) is 0 Å².